The van der Waals surface area contributed by atoms with Crippen LogP contribution in [-0.4, -0.2) is 51.3 Å². The highest BCUT2D eigenvalue weighted by Crippen LogP contribution is 2.29. The molecule has 1 aliphatic rings. The summed E-state index contributed by atoms with van der Waals surface area (Å²) in [6.07, 6.45) is 0.677. The van der Waals surface area contributed by atoms with Crippen molar-refractivity contribution in [1.82, 2.24) is 10.2 Å². The fraction of sp³-hybridized carbons (Fsp3) is 0.500. The minimum atomic E-state index is -2.87. The second kappa shape index (κ2) is 8.96. The molecule has 0 aromatic heterocycles. The molecule has 0 radical (unpaired) electrons. The molecule has 0 unspecified atom stereocenters. The van der Waals surface area contributed by atoms with Crippen LogP contribution in [0.2, 0.25) is 0 Å². The number of rotatable bonds is 6. The summed E-state index contributed by atoms with van der Waals surface area (Å²) in [5.74, 6) is 1.22. The lowest BCUT2D eigenvalue weighted by Crippen LogP contribution is -2.36. The van der Waals surface area contributed by atoms with Gasteiger partial charge >= 0.3 is 6.61 Å². The van der Waals surface area contributed by atoms with Crippen LogP contribution < -0.4 is 14.8 Å². The fourth-order valence-electron chi connectivity index (χ4n) is 2.11. The first kappa shape index (κ1) is 18.7. The molecule has 1 N–H and O–H groups in total. The van der Waals surface area contributed by atoms with Gasteiger partial charge in [0.2, 0.25) is 0 Å². The Morgan fingerprint density at radius 3 is 2.73 bits per heavy atom. The van der Waals surface area contributed by atoms with Crippen LogP contribution >= 0.6 is 24.0 Å². The molecule has 1 aromatic carbocycles. The zero-order chi connectivity index (χ0) is 15.2. The van der Waals surface area contributed by atoms with Crippen LogP contribution in [0.4, 0.5) is 8.78 Å². The molecule has 1 aliphatic heterocycles. The van der Waals surface area contributed by atoms with Gasteiger partial charge in [0.05, 0.1) is 13.7 Å². The number of guanidine groups is 1. The van der Waals surface area contributed by atoms with Crippen molar-refractivity contribution in [3.05, 3.63) is 23.8 Å². The molecule has 0 fully saturated rings. The van der Waals surface area contributed by atoms with Crippen molar-refractivity contribution in [2.45, 2.75) is 13.0 Å². The maximum atomic E-state index is 12.4. The largest absolute Gasteiger partial charge is 0.493 e. The van der Waals surface area contributed by atoms with Gasteiger partial charge in [0.1, 0.15) is 0 Å². The molecule has 5 nitrogen and oxygen atoms in total. The summed E-state index contributed by atoms with van der Waals surface area (Å²) in [5, 5.41) is 3.22. The first-order valence-electron chi connectivity index (χ1n) is 6.71. The molecule has 1 heterocycles. The summed E-state index contributed by atoms with van der Waals surface area (Å²) >= 11 is 0. The van der Waals surface area contributed by atoms with Crippen molar-refractivity contribution in [3.8, 4) is 11.5 Å². The summed E-state index contributed by atoms with van der Waals surface area (Å²) in [6, 6.07) is 5.04. The smallest absolute Gasteiger partial charge is 0.387 e. The highest BCUT2D eigenvalue weighted by Gasteiger charge is 2.13. The maximum Gasteiger partial charge on any atom is 0.387 e. The quantitative estimate of drug-likeness (QED) is 0.709. The Morgan fingerprint density at radius 2 is 2.14 bits per heavy atom. The van der Waals surface area contributed by atoms with E-state index in [2.05, 4.69) is 15.0 Å². The van der Waals surface area contributed by atoms with E-state index in [4.69, 9.17) is 4.74 Å². The number of aliphatic imine (C=N–C) groups is 1. The highest BCUT2D eigenvalue weighted by atomic mass is 127. The Kier molecular flexibility index (Phi) is 7.63. The molecular weight excluding hydrogens is 407 g/mol. The number of nitrogens with zero attached hydrogens (tertiary/aromatic N) is 2. The molecule has 0 aliphatic carbocycles. The molecule has 22 heavy (non-hydrogen) atoms. The number of halogens is 3. The summed E-state index contributed by atoms with van der Waals surface area (Å²) in [4.78, 5) is 6.36. The van der Waals surface area contributed by atoms with Crippen LogP contribution in [0.1, 0.15) is 5.56 Å². The number of methoxy groups -OCH3 is 1. The van der Waals surface area contributed by atoms with Crippen molar-refractivity contribution >= 4 is 29.9 Å². The van der Waals surface area contributed by atoms with Gasteiger partial charge in [-0.1, -0.05) is 6.07 Å². The van der Waals surface area contributed by atoms with Crippen LogP contribution in [0.25, 0.3) is 0 Å². The maximum absolute atomic E-state index is 12.4. The molecule has 0 spiro atoms. The molecule has 124 valence electrons. The van der Waals surface area contributed by atoms with Gasteiger partial charge in [-0.2, -0.15) is 8.78 Å². The summed E-state index contributed by atoms with van der Waals surface area (Å²) in [5.41, 5.74) is 0.889. The van der Waals surface area contributed by atoms with E-state index in [0.29, 0.717) is 18.7 Å². The van der Waals surface area contributed by atoms with Crippen LogP contribution in [0.5, 0.6) is 11.5 Å². The van der Waals surface area contributed by atoms with E-state index in [-0.39, 0.29) is 29.7 Å². The van der Waals surface area contributed by atoms with Crippen LogP contribution in [0.3, 0.4) is 0 Å². The number of ether oxygens (including phenoxy) is 2. The zero-order valence-corrected chi connectivity index (χ0v) is 14.8. The van der Waals surface area contributed by atoms with Gasteiger partial charge in [0.25, 0.3) is 0 Å². The van der Waals surface area contributed by atoms with Crippen LogP contribution in [0.15, 0.2) is 23.2 Å². The number of hydrogen-bond donors (Lipinski definition) is 1. The SMILES string of the molecule is COc1ccc(CCNC2=NCCN2C)cc1OC(F)F.I. The van der Waals surface area contributed by atoms with Crippen molar-refractivity contribution in [2.75, 3.05) is 33.8 Å². The first-order valence-corrected chi connectivity index (χ1v) is 6.71. The minimum Gasteiger partial charge on any atom is -0.493 e. The second-order valence-corrected chi connectivity index (χ2v) is 4.67. The lowest BCUT2D eigenvalue weighted by molar-refractivity contribution is -0.0512. The van der Waals surface area contributed by atoms with Crippen molar-refractivity contribution in [3.63, 3.8) is 0 Å². The van der Waals surface area contributed by atoms with Crippen LogP contribution in [-0.2, 0) is 6.42 Å². The first-order chi connectivity index (χ1) is 10.1. The third kappa shape index (κ3) is 5.15. The molecule has 8 heteroatoms. The zero-order valence-electron chi connectivity index (χ0n) is 12.5. The normalized spacial score (nSPS) is 13.7. The second-order valence-electron chi connectivity index (χ2n) is 4.67. The topological polar surface area (TPSA) is 46.1 Å². The van der Waals surface area contributed by atoms with E-state index >= 15 is 0 Å². The van der Waals surface area contributed by atoms with E-state index in [0.717, 1.165) is 24.6 Å². The number of hydrogen-bond acceptors (Lipinski definition) is 5. The Labute approximate surface area is 145 Å². The van der Waals surface area contributed by atoms with Gasteiger partial charge in [0, 0.05) is 20.1 Å². The molecule has 0 bridgehead atoms. The van der Waals surface area contributed by atoms with Crippen molar-refractivity contribution in [1.29, 1.82) is 0 Å². The monoisotopic (exact) mass is 427 g/mol. The summed E-state index contributed by atoms with van der Waals surface area (Å²) in [6.45, 7) is -0.483. The lowest BCUT2D eigenvalue weighted by Gasteiger charge is -2.15. The summed E-state index contributed by atoms with van der Waals surface area (Å²) in [7, 11) is 3.39. The molecular formula is C14H20F2IN3O2. The molecule has 0 saturated carbocycles. The third-order valence-electron chi connectivity index (χ3n) is 3.20. The third-order valence-corrected chi connectivity index (χ3v) is 3.20. The van der Waals surface area contributed by atoms with Gasteiger partial charge in [-0.3, -0.25) is 4.99 Å². The standard InChI is InChI=1S/C14H19F2N3O2.HI/c1-19-8-7-18-14(19)17-6-5-10-3-4-11(20-2)12(9-10)21-13(15)16;/h3-4,9,13H,5-8H2,1-2H3,(H,17,18);1H. The van der Waals surface area contributed by atoms with Gasteiger partial charge in [-0.15, -0.1) is 24.0 Å². The number of benzene rings is 1. The van der Waals surface area contributed by atoms with Crippen molar-refractivity contribution in [2.24, 2.45) is 4.99 Å². The Bertz CT molecular complexity index is 515. The van der Waals surface area contributed by atoms with E-state index in [1.54, 1.807) is 12.1 Å². The molecule has 0 amide bonds. The Balaban J connectivity index is 0.00000242. The number of nitrogens with one attached hydrogen (secondary N) is 1. The van der Waals surface area contributed by atoms with Gasteiger partial charge in [-0.05, 0) is 24.1 Å². The van der Waals surface area contributed by atoms with E-state index in [1.165, 1.54) is 7.11 Å². The predicted molar refractivity (Wildman–Crippen MR) is 91.7 cm³/mol. The minimum absolute atomic E-state index is 0. The van der Waals surface area contributed by atoms with Gasteiger partial charge < -0.3 is 19.7 Å². The van der Waals surface area contributed by atoms with E-state index < -0.39 is 6.61 Å². The molecule has 0 saturated heterocycles. The van der Waals surface area contributed by atoms with Gasteiger partial charge in [-0.25, -0.2) is 0 Å². The Morgan fingerprint density at radius 1 is 1.36 bits per heavy atom. The molecule has 1 aromatic rings. The molecule has 2 rings (SSSR count). The average molecular weight is 427 g/mol. The number of alkyl halides is 2. The molecule has 0 atom stereocenters. The Hall–Kier alpha value is -1.32. The number of likely N-dealkylation sites (N-methyl/N-ethyl adjacent to an activating group) is 1. The highest BCUT2D eigenvalue weighted by molar-refractivity contribution is 14.0. The fourth-order valence-corrected chi connectivity index (χ4v) is 2.11. The van der Waals surface area contributed by atoms with E-state index in [9.17, 15) is 8.78 Å². The van der Waals surface area contributed by atoms with Crippen LogP contribution in [0, 0.1) is 0 Å². The average Bonchev–Trinajstić information content (AvgIpc) is 2.84. The van der Waals surface area contributed by atoms with Gasteiger partial charge in [0.15, 0.2) is 17.5 Å². The summed E-state index contributed by atoms with van der Waals surface area (Å²) < 4.78 is 34.2. The lowest BCUT2D eigenvalue weighted by atomic mass is 10.1. The van der Waals surface area contributed by atoms with E-state index in [1.807, 2.05) is 18.0 Å². The predicted octanol–water partition coefficient (Wildman–Crippen LogP) is 2.35. The van der Waals surface area contributed by atoms with Crippen molar-refractivity contribution < 1.29 is 18.3 Å².